The highest BCUT2D eigenvalue weighted by molar-refractivity contribution is 5.93. The lowest BCUT2D eigenvalue weighted by Crippen LogP contribution is -2.38. The lowest BCUT2D eigenvalue weighted by Gasteiger charge is -2.31. The molecule has 0 bridgehead atoms. The molecule has 7 nitrogen and oxygen atoms in total. The van der Waals surface area contributed by atoms with Crippen molar-refractivity contribution in [3.63, 3.8) is 0 Å². The summed E-state index contributed by atoms with van der Waals surface area (Å²) in [7, 11) is 0. The van der Waals surface area contributed by atoms with Gasteiger partial charge < -0.3 is 19.7 Å². The van der Waals surface area contributed by atoms with Crippen molar-refractivity contribution in [3.8, 4) is 22.8 Å². The van der Waals surface area contributed by atoms with E-state index in [1.807, 2.05) is 24.3 Å². The number of carbonyl (C=O) groups is 1. The van der Waals surface area contributed by atoms with Gasteiger partial charge in [0.25, 0.3) is 0 Å². The number of nitrogens with zero attached hydrogens (tertiary/aromatic N) is 3. The van der Waals surface area contributed by atoms with E-state index in [1.54, 1.807) is 18.2 Å². The zero-order chi connectivity index (χ0) is 21.9. The fourth-order valence-corrected chi connectivity index (χ4v) is 4.03. The number of nitrogens with one attached hydrogen (secondary N) is 1. The Hall–Kier alpha value is -3.68. The molecule has 0 unspecified atom stereocenters. The first kappa shape index (κ1) is 20.2. The predicted octanol–water partition coefficient (Wildman–Crippen LogP) is 3.91. The van der Waals surface area contributed by atoms with Gasteiger partial charge in [-0.1, -0.05) is 12.1 Å². The molecular formula is C24H23FN4O3. The van der Waals surface area contributed by atoms with Crippen LogP contribution in [-0.2, 0) is 4.79 Å². The molecular weight excluding hydrogens is 411 g/mol. The maximum absolute atomic E-state index is 13.4. The number of piperidine rings is 1. The first-order valence-electron chi connectivity index (χ1n) is 10.7. The zero-order valence-electron chi connectivity index (χ0n) is 17.5. The van der Waals surface area contributed by atoms with Gasteiger partial charge in [0.15, 0.2) is 17.3 Å². The van der Waals surface area contributed by atoms with Crippen molar-refractivity contribution in [2.24, 2.45) is 5.92 Å². The number of aromatic nitrogens is 2. The summed E-state index contributed by atoms with van der Waals surface area (Å²) in [6.07, 6.45) is 1.45. The van der Waals surface area contributed by atoms with E-state index in [9.17, 15) is 9.18 Å². The van der Waals surface area contributed by atoms with Crippen LogP contribution in [0.4, 0.5) is 15.9 Å². The van der Waals surface area contributed by atoms with Crippen molar-refractivity contribution in [3.05, 3.63) is 60.4 Å². The normalized spacial score (nSPS) is 16.0. The first-order chi connectivity index (χ1) is 15.7. The van der Waals surface area contributed by atoms with Crippen molar-refractivity contribution in [2.45, 2.75) is 12.8 Å². The minimum atomic E-state index is -0.301. The molecule has 0 radical (unpaired) electrons. The van der Waals surface area contributed by atoms with Crippen LogP contribution in [0.2, 0.25) is 0 Å². The lowest BCUT2D eigenvalue weighted by atomic mass is 9.95. The van der Waals surface area contributed by atoms with Gasteiger partial charge in [-0.3, -0.25) is 4.79 Å². The third kappa shape index (κ3) is 4.34. The molecule has 1 amide bonds. The molecule has 3 heterocycles. The average Bonchev–Trinajstić information content (AvgIpc) is 2.84. The molecule has 32 heavy (non-hydrogen) atoms. The Balaban J connectivity index is 1.17. The highest BCUT2D eigenvalue weighted by Crippen LogP contribution is 2.33. The summed E-state index contributed by atoms with van der Waals surface area (Å²) in [6, 6.07) is 15.5. The summed E-state index contributed by atoms with van der Waals surface area (Å²) in [5, 5.41) is 11.6. The Labute approximate surface area is 185 Å². The second-order valence-electron chi connectivity index (χ2n) is 7.90. The second kappa shape index (κ2) is 8.82. The number of hydrogen-bond acceptors (Lipinski definition) is 6. The number of carbonyl (C=O) groups excluding carboxylic acids is 1. The van der Waals surface area contributed by atoms with Gasteiger partial charge >= 0.3 is 0 Å². The fourth-order valence-electron chi connectivity index (χ4n) is 4.03. The summed E-state index contributed by atoms with van der Waals surface area (Å²) in [5.74, 6) is 1.75. The molecule has 0 atom stereocenters. The van der Waals surface area contributed by atoms with Crippen LogP contribution < -0.4 is 19.7 Å². The van der Waals surface area contributed by atoms with E-state index in [-0.39, 0.29) is 17.6 Å². The quantitative estimate of drug-likeness (QED) is 0.671. The zero-order valence-corrected chi connectivity index (χ0v) is 17.5. The van der Waals surface area contributed by atoms with Gasteiger partial charge in [0.2, 0.25) is 5.91 Å². The number of hydrogen-bond donors (Lipinski definition) is 1. The molecule has 0 saturated carbocycles. The second-order valence-corrected chi connectivity index (χ2v) is 7.90. The topological polar surface area (TPSA) is 76.6 Å². The van der Waals surface area contributed by atoms with E-state index in [1.165, 1.54) is 12.1 Å². The molecule has 3 aromatic rings. The van der Waals surface area contributed by atoms with Crippen LogP contribution in [-0.4, -0.2) is 42.4 Å². The van der Waals surface area contributed by atoms with Gasteiger partial charge in [-0.2, -0.15) is 0 Å². The number of fused-ring (bicyclic) bond motifs is 1. The van der Waals surface area contributed by atoms with Crippen LogP contribution in [0.5, 0.6) is 11.5 Å². The Morgan fingerprint density at radius 2 is 1.78 bits per heavy atom. The summed E-state index contributed by atoms with van der Waals surface area (Å²) in [6.45, 7) is 2.48. The van der Waals surface area contributed by atoms with Gasteiger partial charge in [-0.05, 0) is 49.2 Å². The molecule has 1 saturated heterocycles. The minimum Gasteiger partial charge on any atom is -0.486 e. The largest absolute Gasteiger partial charge is 0.486 e. The van der Waals surface area contributed by atoms with Crippen LogP contribution in [0.3, 0.4) is 0 Å². The summed E-state index contributed by atoms with van der Waals surface area (Å²) < 4.78 is 24.5. The van der Waals surface area contributed by atoms with Crippen molar-refractivity contribution in [1.82, 2.24) is 10.2 Å². The molecule has 164 valence electrons. The van der Waals surface area contributed by atoms with Crippen LogP contribution in [0.25, 0.3) is 11.3 Å². The highest BCUT2D eigenvalue weighted by atomic mass is 19.1. The molecule has 1 N–H and O–H groups in total. The number of rotatable bonds is 4. The molecule has 2 aromatic carbocycles. The van der Waals surface area contributed by atoms with Crippen LogP contribution >= 0.6 is 0 Å². The number of anilines is 2. The number of halogens is 1. The van der Waals surface area contributed by atoms with Gasteiger partial charge in [0, 0.05) is 36.3 Å². The van der Waals surface area contributed by atoms with E-state index in [0.29, 0.717) is 54.7 Å². The lowest BCUT2D eigenvalue weighted by molar-refractivity contribution is -0.120. The number of amides is 1. The summed E-state index contributed by atoms with van der Waals surface area (Å²) >= 11 is 0. The van der Waals surface area contributed by atoms with Gasteiger partial charge in [-0.25, -0.2) is 4.39 Å². The van der Waals surface area contributed by atoms with Gasteiger partial charge in [0.05, 0.1) is 5.69 Å². The van der Waals surface area contributed by atoms with E-state index in [0.717, 1.165) is 18.7 Å². The molecule has 1 fully saturated rings. The molecule has 8 heteroatoms. The molecule has 2 aliphatic rings. The molecule has 1 aromatic heterocycles. The Morgan fingerprint density at radius 3 is 2.53 bits per heavy atom. The van der Waals surface area contributed by atoms with Crippen molar-refractivity contribution < 1.29 is 18.7 Å². The fraction of sp³-hybridized carbons (Fsp3) is 0.292. The maximum Gasteiger partial charge on any atom is 0.227 e. The Kier molecular flexibility index (Phi) is 5.58. The summed E-state index contributed by atoms with van der Waals surface area (Å²) in [5.41, 5.74) is 2.03. The maximum atomic E-state index is 13.4. The van der Waals surface area contributed by atoms with Crippen LogP contribution in [0.15, 0.2) is 54.6 Å². The minimum absolute atomic E-state index is 0.00821. The monoisotopic (exact) mass is 434 g/mol. The predicted molar refractivity (Wildman–Crippen MR) is 118 cm³/mol. The number of benzene rings is 2. The van der Waals surface area contributed by atoms with E-state index < -0.39 is 0 Å². The van der Waals surface area contributed by atoms with Crippen molar-refractivity contribution in [1.29, 1.82) is 0 Å². The molecule has 0 aliphatic carbocycles. The highest BCUT2D eigenvalue weighted by Gasteiger charge is 2.26. The molecule has 0 spiro atoms. The van der Waals surface area contributed by atoms with Crippen molar-refractivity contribution >= 4 is 17.4 Å². The molecule has 5 rings (SSSR count). The van der Waals surface area contributed by atoms with E-state index in [2.05, 4.69) is 20.4 Å². The molecule has 2 aliphatic heterocycles. The van der Waals surface area contributed by atoms with Gasteiger partial charge in [-0.15, -0.1) is 10.2 Å². The van der Waals surface area contributed by atoms with Crippen LogP contribution in [0.1, 0.15) is 12.8 Å². The standard InChI is InChI=1S/C24H23FN4O3/c25-18-3-1-2-17(14-18)20-5-7-23(28-27-20)29-10-8-16(9-11-29)24(30)26-19-4-6-21-22(15-19)32-13-12-31-21/h1-7,14-16H,8-13H2,(H,26,30). The first-order valence-corrected chi connectivity index (χ1v) is 10.7. The van der Waals surface area contributed by atoms with E-state index in [4.69, 9.17) is 9.47 Å². The van der Waals surface area contributed by atoms with Gasteiger partial charge in [0.1, 0.15) is 19.0 Å². The summed E-state index contributed by atoms with van der Waals surface area (Å²) in [4.78, 5) is 14.9. The Morgan fingerprint density at radius 1 is 0.969 bits per heavy atom. The van der Waals surface area contributed by atoms with Crippen molar-refractivity contribution in [2.75, 3.05) is 36.5 Å². The number of ether oxygens (including phenoxy) is 2. The van der Waals surface area contributed by atoms with E-state index >= 15 is 0 Å². The Bertz CT molecular complexity index is 1110. The SMILES string of the molecule is O=C(Nc1ccc2c(c1)OCCO2)C1CCN(c2ccc(-c3cccc(F)c3)nn2)CC1. The third-order valence-electron chi connectivity index (χ3n) is 5.77. The smallest absolute Gasteiger partial charge is 0.227 e. The van der Waals surface area contributed by atoms with Crippen LogP contribution in [0, 0.1) is 11.7 Å². The third-order valence-corrected chi connectivity index (χ3v) is 5.77. The average molecular weight is 434 g/mol.